The number of ether oxygens (including phenoxy) is 2. The molecule has 0 aromatic heterocycles. The zero-order valence-electron chi connectivity index (χ0n) is 10.9. The van der Waals surface area contributed by atoms with Gasteiger partial charge >= 0.3 is 0 Å². The molecule has 1 aromatic rings. The summed E-state index contributed by atoms with van der Waals surface area (Å²) in [5.41, 5.74) is 6.05. The first-order chi connectivity index (χ1) is 9.24. The lowest BCUT2D eigenvalue weighted by atomic mass is 10.1. The van der Waals surface area contributed by atoms with Crippen LogP contribution < -0.4 is 15.8 Å². The zero-order valence-corrected chi connectivity index (χ0v) is 10.9. The number of rotatable bonds is 5. The lowest BCUT2D eigenvalue weighted by Crippen LogP contribution is -2.21. The summed E-state index contributed by atoms with van der Waals surface area (Å²) in [4.78, 5) is 10.7. The molecule has 3 N–H and O–H groups in total. The molecule has 5 nitrogen and oxygen atoms in total. The van der Waals surface area contributed by atoms with Crippen molar-refractivity contribution in [3.8, 4) is 5.75 Å². The van der Waals surface area contributed by atoms with Crippen LogP contribution in [0.25, 0.3) is 0 Å². The van der Waals surface area contributed by atoms with Crippen molar-refractivity contribution < 1.29 is 14.3 Å². The standard InChI is InChI=1S/C14H20N2O3/c15-14(17)10-19-13-5-1-3-12(9-13)16-11-4-2-7-18-8-6-11/h1,3,5,9,11,16H,2,4,6-8,10H2,(H2,15,17). The fraction of sp³-hybridized carbons (Fsp3) is 0.500. The van der Waals surface area contributed by atoms with Gasteiger partial charge in [-0.3, -0.25) is 4.79 Å². The molecule has 1 aromatic carbocycles. The van der Waals surface area contributed by atoms with Gasteiger partial charge in [0.15, 0.2) is 6.61 Å². The maximum Gasteiger partial charge on any atom is 0.255 e. The van der Waals surface area contributed by atoms with E-state index in [1.54, 1.807) is 0 Å². The molecular weight excluding hydrogens is 244 g/mol. The maximum absolute atomic E-state index is 10.7. The van der Waals surface area contributed by atoms with E-state index in [0.717, 1.165) is 38.2 Å². The molecule has 1 heterocycles. The Bertz CT molecular complexity index is 415. The Morgan fingerprint density at radius 2 is 2.32 bits per heavy atom. The molecule has 1 amide bonds. The van der Waals surface area contributed by atoms with E-state index in [4.69, 9.17) is 15.2 Å². The van der Waals surface area contributed by atoms with Gasteiger partial charge in [0.1, 0.15) is 5.75 Å². The normalized spacial score (nSPS) is 19.5. The smallest absolute Gasteiger partial charge is 0.255 e. The lowest BCUT2D eigenvalue weighted by molar-refractivity contribution is -0.119. The average molecular weight is 264 g/mol. The largest absolute Gasteiger partial charge is 0.484 e. The summed E-state index contributed by atoms with van der Waals surface area (Å²) in [6, 6.07) is 8.00. The number of anilines is 1. The van der Waals surface area contributed by atoms with Gasteiger partial charge in [-0.05, 0) is 31.4 Å². The van der Waals surface area contributed by atoms with Crippen molar-refractivity contribution in [3.63, 3.8) is 0 Å². The third-order valence-corrected chi connectivity index (χ3v) is 3.04. The van der Waals surface area contributed by atoms with Crippen molar-refractivity contribution in [2.75, 3.05) is 25.1 Å². The van der Waals surface area contributed by atoms with Crippen LogP contribution in [0.3, 0.4) is 0 Å². The zero-order chi connectivity index (χ0) is 13.5. The SMILES string of the molecule is NC(=O)COc1cccc(NC2CCCOCC2)c1. The van der Waals surface area contributed by atoms with Gasteiger partial charge in [0, 0.05) is 31.0 Å². The summed E-state index contributed by atoms with van der Waals surface area (Å²) < 4.78 is 10.7. The molecule has 0 aliphatic carbocycles. The third kappa shape index (κ3) is 4.79. The number of hydrogen-bond donors (Lipinski definition) is 2. The average Bonchev–Trinajstić information content (AvgIpc) is 2.65. The Kier molecular flexibility index (Phi) is 5.03. The van der Waals surface area contributed by atoms with Crippen molar-refractivity contribution >= 4 is 11.6 Å². The van der Waals surface area contributed by atoms with Crippen LogP contribution in [0.15, 0.2) is 24.3 Å². The number of hydrogen-bond acceptors (Lipinski definition) is 4. The minimum absolute atomic E-state index is 0.0965. The summed E-state index contributed by atoms with van der Waals surface area (Å²) in [6.45, 7) is 1.55. The van der Waals surface area contributed by atoms with E-state index < -0.39 is 5.91 Å². The molecule has 104 valence electrons. The topological polar surface area (TPSA) is 73.6 Å². The number of amides is 1. The molecule has 5 heteroatoms. The predicted molar refractivity (Wildman–Crippen MR) is 73.2 cm³/mol. The Morgan fingerprint density at radius 3 is 3.16 bits per heavy atom. The first-order valence-corrected chi connectivity index (χ1v) is 6.59. The molecule has 0 radical (unpaired) electrons. The Balaban J connectivity index is 1.91. The second-order valence-corrected chi connectivity index (χ2v) is 4.67. The number of nitrogens with two attached hydrogens (primary N) is 1. The Labute approximate surface area is 113 Å². The highest BCUT2D eigenvalue weighted by Gasteiger charge is 2.12. The molecule has 1 saturated heterocycles. The van der Waals surface area contributed by atoms with Crippen LogP contribution in [0.2, 0.25) is 0 Å². The maximum atomic E-state index is 10.7. The molecule has 0 saturated carbocycles. The molecule has 1 unspecified atom stereocenters. The molecule has 19 heavy (non-hydrogen) atoms. The number of carbonyl (C=O) groups excluding carboxylic acids is 1. The number of primary amides is 1. The minimum Gasteiger partial charge on any atom is -0.484 e. The molecule has 2 rings (SSSR count). The monoisotopic (exact) mass is 264 g/mol. The van der Waals surface area contributed by atoms with E-state index in [1.165, 1.54) is 0 Å². The molecule has 1 aliphatic heterocycles. The Hall–Kier alpha value is -1.75. The summed E-state index contributed by atoms with van der Waals surface area (Å²) in [5.74, 6) is 0.174. The van der Waals surface area contributed by atoms with Gasteiger partial charge in [0.05, 0.1) is 0 Å². The highest BCUT2D eigenvalue weighted by molar-refractivity contribution is 5.75. The van der Waals surface area contributed by atoms with Crippen LogP contribution in [0.4, 0.5) is 5.69 Å². The second kappa shape index (κ2) is 6.99. The van der Waals surface area contributed by atoms with E-state index in [9.17, 15) is 4.79 Å². The summed E-state index contributed by atoms with van der Waals surface area (Å²) in [6.07, 6.45) is 3.19. The molecular formula is C14H20N2O3. The highest BCUT2D eigenvalue weighted by Crippen LogP contribution is 2.20. The Morgan fingerprint density at radius 1 is 1.42 bits per heavy atom. The summed E-state index contributed by atoms with van der Waals surface area (Å²) in [7, 11) is 0. The molecule has 0 spiro atoms. The van der Waals surface area contributed by atoms with Crippen LogP contribution >= 0.6 is 0 Å². The van der Waals surface area contributed by atoms with Gasteiger partial charge in [0.2, 0.25) is 0 Å². The number of nitrogens with one attached hydrogen (secondary N) is 1. The first kappa shape index (κ1) is 13.7. The van der Waals surface area contributed by atoms with Crippen LogP contribution in [-0.4, -0.2) is 31.8 Å². The van der Waals surface area contributed by atoms with E-state index in [0.29, 0.717) is 11.8 Å². The molecule has 1 fully saturated rings. The van der Waals surface area contributed by atoms with Gasteiger partial charge in [-0.25, -0.2) is 0 Å². The van der Waals surface area contributed by atoms with E-state index >= 15 is 0 Å². The van der Waals surface area contributed by atoms with E-state index in [2.05, 4.69) is 5.32 Å². The predicted octanol–water partition coefficient (Wildman–Crippen LogP) is 1.53. The number of benzene rings is 1. The van der Waals surface area contributed by atoms with E-state index in [1.807, 2.05) is 24.3 Å². The lowest BCUT2D eigenvalue weighted by Gasteiger charge is -2.17. The quantitative estimate of drug-likeness (QED) is 0.846. The van der Waals surface area contributed by atoms with Gasteiger partial charge in [-0.1, -0.05) is 6.07 Å². The van der Waals surface area contributed by atoms with Crippen molar-refractivity contribution in [2.45, 2.75) is 25.3 Å². The van der Waals surface area contributed by atoms with E-state index in [-0.39, 0.29) is 6.61 Å². The third-order valence-electron chi connectivity index (χ3n) is 3.04. The molecule has 1 aliphatic rings. The fourth-order valence-corrected chi connectivity index (χ4v) is 2.11. The van der Waals surface area contributed by atoms with Crippen molar-refractivity contribution in [1.82, 2.24) is 0 Å². The van der Waals surface area contributed by atoms with Crippen LogP contribution in [0, 0.1) is 0 Å². The van der Waals surface area contributed by atoms with Crippen molar-refractivity contribution in [3.05, 3.63) is 24.3 Å². The molecule has 0 bridgehead atoms. The summed E-state index contributed by atoms with van der Waals surface area (Å²) in [5, 5.41) is 3.47. The van der Waals surface area contributed by atoms with Crippen LogP contribution in [0.5, 0.6) is 5.75 Å². The van der Waals surface area contributed by atoms with Crippen molar-refractivity contribution in [1.29, 1.82) is 0 Å². The van der Waals surface area contributed by atoms with Gasteiger partial charge in [0.25, 0.3) is 5.91 Å². The van der Waals surface area contributed by atoms with Crippen LogP contribution in [-0.2, 0) is 9.53 Å². The van der Waals surface area contributed by atoms with Crippen molar-refractivity contribution in [2.24, 2.45) is 5.73 Å². The van der Waals surface area contributed by atoms with Gasteiger partial charge in [-0.2, -0.15) is 0 Å². The highest BCUT2D eigenvalue weighted by atomic mass is 16.5. The minimum atomic E-state index is -0.473. The second-order valence-electron chi connectivity index (χ2n) is 4.67. The van der Waals surface area contributed by atoms with Gasteiger partial charge in [-0.15, -0.1) is 0 Å². The number of carbonyl (C=O) groups is 1. The first-order valence-electron chi connectivity index (χ1n) is 6.59. The van der Waals surface area contributed by atoms with Gasteiger partial charge < -0.3 is 20.5 Å². The molecule has 1 atom stereocenters. The fourth-order valence-electron chi connectivity index (χ4n) is 2.11. The summed E-state index contributed by atoms with van der Waals surface area (Å²) >= 11 is 0. The van der Waals surface area contributed by atoms with Crippen LogP contribution in [0.1, 0.15) is 19.3 Å².